The van der Waals surface area contributed by atoms with Gasteiger partial charge in [-0.25, -0.2) is 18.2 Å². The van der Waals surface area contributed by atoms with E-state index >= 15 is 0 Å². The number of nitrogens with one attached hydrogen (secondary N) is 1. The van der Waals surface area contributed by atoms with Crippen molar-refractivity contribution in [3.63, 3.8) is 0 Å². The summed E-state index contributed by atoms with van der Waals surface area (Å²) in [6.45, 7) is 0.122. The predicted molar refractivity (Wildman–Crippen MR) is 64.4 cm³/mol. The Bertz CT molecular complexity index is 590. The number of rotatable bonds is 4. The van der Waals surface area contributed by atoms with E-state index in [-0.39, 0.29) is 12.2 Å². The van der Waals surface area contributed by atoms with E-state index in [1.165, 1.54) is 7.11 Å². The molecule has 1 N–H and O–H groups in total. The monoisotopic (exact) mass is 268 g/mol. The van der Waals surface area contributed by atoms with Crippen molar-refractivity contribution in [3.8, 4) is 5.88 Å². The van der Waals surface area contributed by atoms with Gasteiger partial charge in [-0.2, -0.15) is 0 Å². The highest BCUT2D eigenvalue weighted by molar-refractivity contribution is 5.45. The normalized spacial score (nSPS) is 10.3. The van der Waals surface area contributed by atoms with Crippen molar-refractivity contribution in [1.82, 2.24) is 4.98 Å². The van der Waals surface area contributed by atoms with E-state index < -0.39 is 17.5 Å². The maximum atomic E-state index is 13.4. The van der Waals surface area contributed by atoms with Gasteiger partial charge >= 0.3 is 0 Å². The van der Waals surface area contributed by atoms with Gasteiger partial charge in [0.25, 0.3) is 0 Å². The van der Waals surface area contributed by atoms with Gasteiger partial charge in [-0.05, 0) is 6.07 Å². The highest BCUT2D eigenvalue weighted by Crippen LogP contribution is 2.20. The third-order valence-corrected chi connectivity index (χ3v) is 2.44. The quantitative estimate of drug-likeness (QED) is 0.865. The van der Waals surface area contributed by atoms with Gasteiger partial charge in [-0.1, -0.05) is 6.07 Å². The van der Waals surface area contributed by atoms with Crippen LogP contribution in [0.25, 0.3) is 0 Å². The van der Waals surface area contributed by atoms with Crippen LogP contribution in [0.5, 0.6) is 5.88 Å². The van der Waals surface area contributed by atoms with Gasteiger partial charge in [0.2, 0.25) is 5.88 Å². The van der Waals surface area contributed by atoms with Crippen LogP contribution in [0.1, 0.15) is 5.69 Å². The molecular weight excluding hydrogens is 257 g/mol. The van der Waals surface area contributed by atoms with E-state index in [4.69, 9.17) is 4.74 Å². The van der Waals surface area contributed by atoms with Crippen LogP contribution >= 0.6 is 0 Å². The smallest absolute Gasteiger partial charge is 0.213 e. The van der Waals surface area contributed by atoms with E-state index in [2.05, 4.69) is 10.3 Å². The molecule has 0 aliphatic rings. The molecule has 6 heteroatoms. The molecule has 0 saturated carbocycles. The van der Waals surface area contributed by atoms with Crippen LogP contribution in [0.3, 0.4) is 0 Å². The lowest BCUT2D eigenvalue weighted by Crippen LogP contribution is -2.05. The molecule has 2 rings (SSSR count). The fourth-order valence-corrected chi connectivity index (χ4v) is 1.54. The Morgan fingerprint density at radius 2 is 2.00 bits per heavy atom. The summed E-state index contributed by atoms with van der Waals surface area (Å²) in [5.41, 5.74) is 0.311. The van der Waals surface area contributed by atoms with Crippen molar-refractivity contribution in [2.75, 3.05) is 12.4 Å². The fourth-order valence-electron chi connectivity index (χ4n) is 1.54. The van der Waals surface area contributed by atoms with E-state index in [0.717, 1.165) is 6.07 Å². The van der Waals surface area contributed by atoms with Gasteiger partial charge in [-0.3, -0.25) is 0 Å². The molecule has 0 aliphatic heterocycles. The number of anilines is 1. The summed E-state index contributed by atoms with van der Waals surface area (Å²) >= 11 is 0. The lowest BCUT2D eigenvalue weighted by molar-refractivity contribution is 0.396. The zero-order valence-corrected chi connectivity index (χ0v) is 10.1. The third kappa shape index (κ3) is 3.15. The zero-order valence-electron chi connectivity index (χ0n) is 10.1. The molecule has 0 bridgehead atoms. The van der Waals surface area contributed by atoms with Gasteiger partial charge in [0, 0.05) is 18.2 Å². The standard InChI is InChI=1S/C13H11F3N2O/c1-19-12-4-2-3-9(18-12)7-17-11-6-8(14)5-10(15)13(11)16/h2-6,17H,7H2,1H3. The summed E-state index contributed by atoms with van der Waals surface area (Å²) < 4.78 is 44.3. The lowest BCUT2D eigenvalue weighted by atomic mass is 10.2. The Balaban J connectivity index is 2.14. The van der Waals surface area contributed by atoms with E-state index in [0.29, 0.717) is 17.6 Å². The average Bonchev–Trinajstić information content (AvgIpc) is 2.41. The van der Waals surface area contributed by atoms with Crippen molar-refractivity contribution in [2.45, 2.75) is 6.54 Å². The van der Waals surface area contributed by atoms with E-state index in [1.54, 1.807) is 18.2 Å². The molecule has 3 nitrogen and oxygen atoms in total. The molecule has 0 amide bonds. The topological polar surface area (TPSA) is 34.1 Å². The third-order valence-electron chi connectivity index (χ3n) is 2.44. The number of hydrogen-bond donors (Lipinski definition) is 1. The number of pyridine rings is 1. The highest BCUT2D eigenvalue weighted by atomic mass is 19.2. The fraction of sp³-hybridized carbons (Fsp3) is 0.154. The van der Waals surface area contributed by atoms with Crippen LogP contribution < -0.4 is 10.1 Å². The summed E-state index contributed by atoms with van der Waals surface area (Å²) in [7, 11) is 1.47. The lowest BCUT2D eigenvalue weighted by Gasteiger charge is -2.08. The number of ether oxygens (including phenoxy) is 1. The van der Waals surface area contributed by atoms with Crippen molar-refractivity contribution in [1.29, 1.82) is 0 Å². The first-order valence-corrected chi connectivity index (χ1v) is 5.48. The molecule has 2 aromatic rings. The molecule has 0 atom stereocenters. The highest BCUT2D eigenvalue weighted by Gasteiger charge is 2.10. The zero-order chi connectivity index (χ0) is 13.8. The second-order valence-electron chi connectivity index (χ2n) is 3.77. The van der Waals surface area contributed by atoms with Crippen LogP contribution in [-0.4, -0.2) is 12.1 Å². The molecule has 1 aromatic heterocycles. The van der Waals surface area contributed by atoms with Crippen molar-refractivity contribution >= 4 is 5.69 Å². The van der Waals surface area contributed by atoms with Crippen molar-refractivity contribution in [2.24, 2.45) is 0 Å². The Morgan fingerprint density at radius 3 is 2.74 bits per heavy atom. The summed E-state index contributed by atoms with van der Waals surface area (Å²) in [6, 6.07) is 6.43. The summed E-state index contributed by atoms with van der Waals surface area (Å²) in [4.78, 5) is 4.09. The van der Waals surface area contributed by atoms with Gasteiger partial charge in [-0.15, -0.1) is 0 Å². The minimum Gasteiger partial charge on any atom is -0.481 e. The SMILES string of the molecule is COc1cccc(CNc2cc(F)cc(F)c2F)n1. The molecule has 100 valence electrons. The van der Waals surface area contributed by atoms with Gasteiger partial charge in [0.05, 0.1) is 25.0 Å². The largest absolute Gasteiger partial charge is 0.481 e. The minimum absolute atomic E-state index is 0.122. The molecule has 0 unspecified atom stereocenters. The number of benzene rings is 1. The molecule has 0 spiro atoms. The Labute approximate surface area is 108 Å². The summed E-state index contributed by atoms with van der Waals surface area (Å²) in [5, 5.41) is 2.59. The summed E-state index contributed by atoms with van der Waals surface area (Å²) in [6.07, 6.45) is 0. The molecule has 0 saturated heterocycles. The van der Waals surface area contributed by atoms with Crippen LogP contribution in [0, 0.1) is 17.5 Å². The first-order chi connectivity index (χ1) is 9.10. The molecule has 0 aliphatic carbocycles. The van der Waals surface area contributed by atoms with Crippen LogP contribution in [0.4, 0.5) is 18.9 Å². The molecule has 0 fully saturated rings. The van der Waals surface area contributed by atoms with Crippen molar-refractivity contribution in [3.05, 3.63) is 53.5 Å². The van der Waals surface area contributed by atoms with E-state index in [9.17, 15) is 13.2 Å². The Morgan fingerprint density at radius 1 is 1.21 bits per heavy atom. The van der Waals surface area contributed by atoms with Gasteiger partial charge < -0.3 is 10.1 Å². The number of hydrogen-bond acceptors (Lipinski definition) is 3. The van der Waals surface area contributed by atoms with Crippen LogP contribution in [0.15, 0.2) is 30.3 Å². The Hall–Kier alpha value is -2.24. The average molecular weight is 268 g/mol. The van der Waals surface area contributed by atoms with E-state index in [1.807, 2.05) is 0 Å². The maximum absolute atomic E-state index is 13.4. The number of methoxy groups -OCH3 is 1. The van der Waals surface area contributed by atoms with Crippen LogP contribution in [-0.2, 0) is 6.54 Å². The van der Waals surface area contributed by atoms with Gasteiger partial charge in [0.1, 0.15) is 5.82 Å². The van der Waals surface area contributed by atoms with Crippen molar-refractivity contribution < 1.29 is 17.9 Å². The predicted octanol–water partition coefficient (Wildman–Crippen LogP) is 3.12. The van der Waals surface area contributed by atoms with Crippen LogP contribution in [0.2, 0.25) is 0 Å². The molecule has 1 heterocycles. The molecule has 0 radical (unpaired) electrons. The molecule has 19 heavy (non-hydrogen) atoms. The maximum Gasteiger partial charge on any atom is 0.213 e. The summed E-state index contributed by atoms with van der Waals surface area (Å²) in [5.74, 6) is -2.80. The second kappa shape index (κ2) is 5.60. The molecule has 1 aromatic carbocycles. The number of nitrogens with zero attached hydrogens (tertiary/aromatic N) is 1. The minimum atomic E-state index is -1.24. The Kier molecular flexibility index (Phi) is 3.89. The second-order valence-corrected chi connectivity index (χ2v) is 3.77. The first-order valence-electron chi connectivity index (χ1n) is 5.48. The van der Waals surface area contributed by atoms with Gasteiger partial charge in [0.15, 0.2) is 11.6 Å². The number of halogens is 3. The first kappa shape index (κ1) is 13.2. The number of aromatic nitrogens is 1. The molecular formula is C13H11F3N2O.